The van der Waals surface area contributed by atoms with Gasteiger partial charge >= 0.3 is 209 Å². The minimum atomic E-state index is -3.68. The number of benzene rings is 1. The molecule has 1 aromatic rings. The quantitative estimate of drug-likeness (QED) is 0.0490. The fraction of sp³-hybridized carbons (Fsp3) is 0.542. The summed E-state index contributed by atoms with van der Waals surface area (Å²) in [7, 11) is -3.73. The van der Waals surface area contributed by atoms with Crippen molar-refractivity contribution in [3.63, 3.8) is 0 Å². The van der Waals surface area contributed by atoms with Gasteiger partial charge in [-0.1, -0.05) is 0 Å². The molecule has 1 aromatic carbocycles. The Labute approximate surface area is 242 Å². The fourth-order valence-electron chi connectivity index (χ4n) is 4.25. The average molecular weight is 812 g/mol. The number of ether oxygens (including phenoxy) is 1. The fourth-order valence-corrected chi connectivity index (χ4v) is 55.0. The standard InChI is InChI=1S/C24H40I2N5O6PS/c1-5-10-25-17-26(25)18-38(32,36-14-6-2)37-23-15-20(21(29-3)16-22(23)35-4)24(27)31-12-8-19(9-13-31)7-11-30-39(28,33)34/h5-6,15-16,19,30H,1-2,7-14,17-18H2,3-4H3,(H4,27,28,29,33,34)/p+1. The molecule has 222 valence electrons. The molecule has 11 nitrogen and oxygen atoms in total. The molecule has 15 heteroatoms. The number of allylic oxidation sites excluding steroid dienone is 1. The van der Waals surface area contributed by atoms with Crippen LogP contribution in [0.1, 0.15) is 24.8 Å². The number of nitrogens with zero attached hydrogens (tertiary/aromatic N) is 1. The van der Waals surface area contributed by atoms with Gasteiger partial charge in [-0.25, -0.2) is 9.86 Å². The van der Waals surface area contributed by atoms with Crippen LogP contribution in [0.4, 0.5) is 5.69 Å². The number of alkyl halides is 4. The van der Waals surface area contributed by atoms with Crippen LogP contribution < -0.4 is 30.2 Å². The van der Waals surface area contributed by atoms with E-state index in [1.165, 1.54) is 2.43 Å². The number of rotatable bonds is 16. The minimum absolute atomic E-state index is 0.149. The number of hydrogen-bond donors (Lipinski definition) is 4. The van der Waals surface area contributed by atoms with Crippen molar-refractivity contribution in [2.24, 2.45) is 16.8 Å². The van der Waals surface area contributed by atoms with Crippen molar-refractivity contribution in [2.45, 2.75) is 19.3 Å². The van der Waals surface area contributed by atoms with Gasteiger partial charge < -0.3 is 0 Å². The van der Waals surface area contributed by atoms with Gasteiger partial charge in [-0.3, -0.25) is 0 Å². The van der Waals surface area contributed by atoms with Crippen LogP contribution in [-0.2, 0) is 19.3 Å². The van der Waals surface area contributed by atoms with Crippen LogP contribution in [0.3, 0.4) is 0 Å². The van der Waals surface area contributed by atoms with E-state index in [2.05, 4.69) is 27.8 Å². The molecule has 0 amide bonds. The molecule has 2 aliphatic rings. The van der Waals surface area contributed by atoms with E-state index in [4.69, 9.17) is 24.7 Å². The number of piperidine rings is 1. The maximum atomic E-state index is 13.9. The van der Waals surface area contributed by atoms with Crippen molar-refractivity contribution in [3.8, 4) is 11.5 Å². The topological polar surface area (TPSA) is 158 Å². The second kappa shape index (κ2) is 14.8. The van der Waals surface area contributed by atoms with Crippen molar-refractivity contribution in [1.29, 1.82) is 0 Å². The number of methoxy groups -OCH3 is 1. The summed E-state index contributed by atoms with van der Waals surface area (Å²) >= 11 is -2.26. The molecule has 0 spiro atoms. The van der Waals surface area contributed by atoms with Gasteiger partial charge in [0.25, 0.3) is 10.2 Å². The normalized spacial score (nSPS) is 20.6. The predicted molar refractivity (Wildman–Crippen MR) is 177 cm³/mol. The molecule has 3 rings (SSSR count). The number of amidine groups is 1. The zero-order valence-electron chi connectivity index (χ0n) is 22.5. The molecule has 2 saturated heterocycles. The third-order valence-corrected chi connectivity index (χ3v) is 42.4. The first-order chi connectivity index (χ1) is 18.5. The molecule has 0 saturated carbocycles. The molecular weight excluding hydrogens is 771 g/mol. The zero-order chi connectivity index (χ0) is 28.6. The Kier molecular flexibility index (Phi) is 12.4. The Morgan fingerprint density at radius 3 is 2.54 bits per heavy atom. The number of nitrogens with two attached hydrogens (primary N) is 2. The summed E-state index contributed by atoms with van der Waals surface area (Å²) in [5.41, 5.74) is 8.17. The Balaban J connectivity index is 1.81. The number of nitrogens with one attached hydrogen (secondary N) is 2. The van der Waals surface area contributed by atoms with E-state index < -0.39 is 49.5 Å². The van der Waals surface area contributed by atoms with Crippen LogP contribution >= 0.6 is 39.3 Å². The number of hydrogen-bond acceptors (Lipinski definition) is 7. The summed E-state index contributed by atoms with van der Waals surface area (Å²) in [6.45, 7) is 9.49. The van der Waals surface area contributed by atoms with Gasteiger partial charge in [0.05, 0.1) is 0 Å². The number of anilines is 1. The molecule has 0 aromatic heterocycles. The second-order valence-corrected chi connectivity index (χ2v) is 39.7. The molecular formula is C24H41I2N5O6PS+. The summed E-state index contributed by atoms with van der Waals surface area (Å²) in [4.78, 5) is 0. The maximum absolute atomic E-state index is 13.9. The average Bonchev–Trinajstić information content (AvgIpc) is 3.63. The van der Waals surface area contributed by atoms with E-state index in [1.54, 1.807) is 32.4 Å². The molecule has 6 N–H and O–H groups in total. The van der Waals surface area contributed by atoms with E-state index >= 15 is 0 Å². The van der Waals surface area contributed by atoms with Crippen LogP contribution in [0, 0.1) is 5.92 Å². The van der Waals surface area contributed by atoms with Gasteiger partial charge in [-0.05, 0) is 0 Å². The van der Waals surface area contributed by atoms with Gasteiger partial charge in [0.15, 0.2) is 0 Å². The molecule has 2 aliphatic heterocycles. The molecule has 39 heavy (non-hydrogen) atoms. The first kappa shape index (κ1) is 32.6. The second-order valence-electron chi connectivity index (χ2n) is 9.07. The van der Waals surface area contributed by atoms with E-state index in [1.807, 2.05) is 6.08 Å². The first-order valence-electron chi connectivity index (χ1n) is 12.5. The Hall–Kier alpha value is -0.910. The number of halogens is 2. The first-order valence-corrected chi connectivity index (χ1v) is 28.1. The van der Waals surface area contributed by atoms with E-state index in [0.717, 1.165) is 41.6 Å². The van der Waals surface area contributed by atoms with Gasteiger partial charge in [0, 0.05) is 6.54 Å². The Bertz CT molecular complexity index is 1220. The van der Waals surface area contributed by atoms with E-state index in [9.17, 15) is 13.0 Å². The van der Waals surface area contributed by atoms with Gasteiger partial charge in [0.1, 0.15) is 0 Å². The molecule has 0 radical (unpaired) electrons. The van der Waals surface area contributed by atoms with Crippen LogP contribution in [-0.4, -0.2) is 70.3 Å². The molecule has 1 unspecified atom stereocenters. The summed E-state index contributed by atoms with van der Waals surface area (Å²) in [5, 5.41) is 8.20. The monoisotopic (exact) mass is 812 g/mol. The van der Waals surface area contributed by atoms with Crippen molar-refractivity contribution in [1.82, 2.24) is 4.72 Å². The van der Waals surface area contributed by atoms with Crippen molar-refractivity contribution in [2.75, 3.05) is 56.7 Å². The van der Waals surface area contributed by atoms with Crippen LogP contribution in [0.2, 0.25) is 0 Å². The molecule has 0 aliphatic carbocycles. The van der Waals surface area contributed by atoms with Crippen molar-refractivity contribution < 1.29 is 31.3 Å². The summed E-state index contributed by atoms with van der Waals surface area (Å²) in [5.74, 6) is 1.73. The zero-order valence-corrected chi connectivity index (χ0v) is 28.6. The SMILES string of the molecule is C=CCOP(=O)(CI1CI1CC=C)Oc1cc(C(N)=[N+]2CCC(CCNS(N)(=O)=O)CC2)c(NC)cc1OC. The Morgan fingerprint density at radius 1 is 1.23 bits per heavy atom. The summed E-state index contributed by atoms with van der Waals surface area (Å²) in [6, 6.07) is 3.58. The molecule has 2 fully saturated rings. The Morgan fingerprint density at radius 2 is 1.95 bits per heavy atom. The van der Waals surface area contributed by atoms with Gasteiger partial charge in [-0.15, -0.1) is 0 Å². The van der Waals surface area contributed by atoms with Crippen molar-refractivity contribution in [3.05, 3.63) is 43.0 Å². The van der Waals surface area contributed by atoms with Crippen LogP contribution in [0.15, 0.2) is 37.4 Å². The molecule has 2 heterocycles. The van der Waals surface area contributed by atoms with Crippen LogP contribution in [0.5, 0.6) is 11.5 Å². The van der Waals surface area contributed by atoms with E-state index in [0.29, 0.717) is 40.4 Å². The summed E-state index contributed by atoms with van der Waals surface area (Å²) in [6.07, 6.45) is 6.03. The third kappa shape index (κ3) is 9.85. The predicted octanol–water partition coefficient (Wildman–Crippen LogP) is 3.86. The molecule has 1 atom stereocenters. The van der Waals surface area contributed by atoms with Gasteiger partial charge in [-0.2, -0.15) is 8.42 Å². The van der Waals surface area contributed by atoms with E-state index in [-0.39, 0.29) is 6.61 Å². The molecule has 0 bridgehead atoms. The van der Waals surface area contributed by atoms with Gasteiger partial charge in [0.2, 0.25) is 0 Å². The van der Waals surface area contributed by atoms with Crippen LogP contribution in [0.25, 0.3) is 0 Å². The third-order valence-electron chi connectivity index (χ3n) is 6.30. The van der Waals surface area contributed by atoms with Crippen molar-refractivity contribution >= 4 is 61.0 Å². The summed E-state index contributed by atoms with van der Waals surface area (Å²) < 4.78 is 61.1.